The van der Waals surface area contributed by atoms with E-state index in [2.05, 4.69) is 0 Å². The first-order valence-corrected chi connectivity index (χ1v) is 31.1. The zero-order valence-electron chi connectivity index (χ0n) is 43.7. The topological polar surface area (TPSA) is 683 Å². The van der Waals surface area contributed by atoms with Crippen molar-refractivity contribution in [2.45, 2.75) is 110 Å². The minimum Gasteiger partial charge on any atom is -0.480 e. The molecule has 0 spiro atoms. The molecule has 2 rings (SSSR count). The highest BCUT2D eigenvalue weighted by Crippen LogP contribution is 2.62. The molecule has 6 unspecified atom stereocenters. The molecule has 23 N–H and O–H groups in total. The number of nitrogens with zero attached hydrogens (tertiary/aromatic N) is 3. The maximum absolute atomic E-state index is 13.6. The molecule has 0 bridgehead atoms. The molecule has 0 aromatic carbocycles. The number of ether oxygens (including phenoxy) is 4. The van der Waals surface area contributed by atoms with Crippen molar-refractivity contribution in [2.24, 2.45) is 5.92 Å². The van der Waals surface area contributed by atoms with Gasteiger partial charge in [0.25, 0.3) is 0 Å². The molecule has 0 saturated carbocycles. The van der Waals surface area contributed by atoms with E-state index in [-0.39, 0.29) is 19.6 Å². The molecule has 2 fully saturated rings. The Morgan fingerprint density at radius 1 is 0.500 bits per heavy atom. The summed E-state index contributed by atoms with van der Waals surface area (Å²) in [6.45, 7) is -10.6. The van der Waals surface area contributed by atoms with Crippen LogP contribution in [0.3, 0.4) is 0 Å². The summed E-state index contributed by atoms with van der Waals surface area (Å²) in [5, 5.41) is 132. The van der Waals surface area contributed by atoms with Gasteiger partial charge in [0.2, 0.25) is 11.8 Å². The molecular formula is C39H71N5O36P4. The van der Waals surface area contributed by atoms with Crippen molar-refractivity contribution in [3.8, 4) is 0 Å². The van der Waals surface area contributed by atoms with Crippen molar-refractivity contribution in [3.05, 3.63) is 0 Å². The number of nitrogens with one attached hydrogen (secondary N) is 2. The minimum absolute atomic E-state index is 0.289. The molecule has 2 amide bonds. The summed E-state index contributed by atoms with van der Waals surface area (Å²) in [6, 6.07) is -4.74. The number of rotatable bonds is 39. The van der Waals surface area contributed by atoms with E-state index >= 15 is 0 Å². The van der Waals surface area contributed by atoms with Gasteiger partial charge in [-0.05, 0) is 0 Å². The Bertz CT molecular complexity index is 2350. The van der Waals surface area contributed by atoms with Gasteiger partial charge < -0.3 is 135 Å². The predicted octanol–water partition coefficient (Wildman–Crippen LogP) is -11.1. The molecule has 488 valence electrons. The summed E-state index contributed by atoms with van der Waals surface area (Å²) in [7, 11) is -23.4. The van der Waals surface area contributed by atoms with E-state index < -0.39 is 253 Å². The van der Waals surface area contributed by atoms with Gasteiger partial charge in [-0.25, -0.2) is 0 Å². The summed E-state index contributed by atoms with van der Waals surface area (Å²) in [6.07, 6.45) is -30.3. The molecule has 2 heterocycles. The van der Waals surface area contributed by atoms with E-state index in [1.807, 2.05) is 10.6 Å². The molecule has 2 saturated heterocycles. The summed E-state index contributed by atoms with van der Waals surface area (Å²) in [5.41, 5.74) is 0. The Morgan fingerprint density at radius 2 is 0.881 bits per heavy atom. The number of hydrogen-bond acceptors (Lipinski definition) is 27. The van der Waals surface area contributed by atoms with Crippen LogP contribution >= 0.6 is 30.4 Å². The second-order valence-corrected chi connectivity index (χ2v) is 27.3. The van der Waals surface area contributed by atoms with Gasteiger partial charge in [0, 0.05) is 45.1 Å². The number of ketones is 1. The van der Waals surface area contributed by atoms with Gasteiger partial charge in [0.1, 0.15) is 66.7 Å². The van der Waals surface area contributed by atoms with Crippen LogP contribution in [0, 0.1) is 5.92 Å². The lowest BCUT2D eigenvalue weighted by molar-refractivity contribution is -0.342. The van der Waals surface area contributed by atoms with Gasteiger partial charge in [0.05, 0.1) is 71.5 Å². The maximum atomic E-state index is 13.6. The highest BCUT2D eigenvalue weighted by atomic mass is 31.2. The van der Waals surface area contributed by atoms with Crippen LogP contribution in [-0.4, -0.2) is 337 Å². The third-order valence-electron chi connectivity index (χ3n) is 12.7. The van der Waals surface area contributed by atoms with E-state index in [1.54, 1.807) is 0 Å². The van der Waals surface area contributed by atoms with E-state index in [9.17, 15) is 147 Å². The first-order valence-electron chi connectivity index (χ1n) is 24.4. The second kappa shape index (κ2) is 33.7. The predicted molar refractivity (Wildman–Crippen MR) is 267 cm³/mol. The number of aliphatic hydroxyl groups excluding tert-OH is 9. The van der Waals surface area contributed by atoms with E-state index in [0.29, 0.717) is 0 Å². The quantitative estimate of drug-likeness (QED) is 0.0254. The first-order chi connectivity index (χ1) is 38.6. The van der Waals surface area contributed by atoms with Crippen LogP contribution in [0.2, 0.25) is 0 Å². The summed E-state index contributed by atoms with van der Waals surface area (Å²) >= 11 is 0. The lowest BCUT2D eigenvalue weighted by Crippen LogP contribution is -2.70. The third kappa shape index (κ3) is 24.5. The molecular weight excluding hydrogens is 1240 g/mol. The van der Waals surface area contributed by atoms with E-state index in [4.69, 9.17) is 29.2 Å². The molecule has 45 heteroatoms. The first kappa shape index (κ1) is 76.5. The van der Waals surface area contributed by atoms with Crippen LogP contribution in [0.4, 0.5) is 0 Å². The van der Waals surface area contributed by atoms with Crippen LogP contribution in [0.5, 0.6) is 0 Å². The number of aliphatic carboxylic acids is 4. The summed E-state index contributed by atoms with van der Waals surface area (Å²) in [5.74, 6) is -12.1. The highest BCUT2D eigenvalue weighted by Gasteiger charge is 2.55. The molecule has 0 aromatic rings. The van der Waals surface area contributed by atoms with Crippen LogP contribution < -0.4 is 10.6 Å². The number of carbonyl (C=O) groups excluding carboxylic acids is 3. The zero-order valence-corrected chi connectivity index (χ0v) is 47.3. The van der Waals surface area contributed by atoms with Gasteiger partial charge in [-0.15, -0.1) is 0 Å². The highest BCUT2D eigenvalue weighted by molar-refractivity contribution is 7.71. The Morgan fingerprint density at radius 3 is 1.26 bits per heavy atom. The Balaban J connectivity index is 2.63. The number of aliphatic hydroxyl groups is 9. The molecule has 0 aromatic heterocycles. The van der Waals surface area contributed by atoms with Crippen molar-refractivity contribution in [2.75, 3.05) is 85.3 Å². The lowest BCUT2D eigenvalue weighted by atomic mass is 9.90. The zero-order chi connectivity index (χ0) is 64.6. The maximum Gasteiger partial charge on any atom is 0.341 e. The monoisotopic (exact) mass is 1310 g/mol. The Labute approximate surface area is 473 Å². The van der Waals surface area contributed by atoms with E-state index in [1.165, 1.54) is 0 Å². The van der Waals surface area contributed by atoms with Crippen molar-refractivity contribution < 1.29 is 176 Å². The molecule has 0 aliphatic carbocycles. The fourth-order valence-electron chi connectivity index (χ4n) is 8.55. The van der Waals surface area contributed by atoms with Gasteiger partial charge in [-0.2, -0.15) is 0 Å². The number of carbonyl (C=O) groups is 7. The van der Waals surface area contributed by atoms with Gasteiger partial charge in [0.15, 0.2) is 23.4 Å². The fraction of sp³-hybridized carbons (Fsp3) is 0.821. The normalized spacial score (nSPS) is 25.1. The van der Waals surface area contributed by atoms with Gasteiger partial charge in [-0.1, -0.05) is 0 Å². The minimum atomic E-state index is -5.92. The van der Waals surface area contributed by atoms with Gasteiger partial charge >= 0.3 is 54.3 Å². The summed E-state index contributed by atoms with van der Waals surface area (Å²) < 4.78 is 70.7. The molecule has 0 radical (unpaired) electrons. The lowest BCUT2D eigenvalue weighted by Gasteiger charge is -2.49. The van der Waals surface area contributed by atoms with Crippen molar-refractivity contribution in [1.82, 2.24) is 25.3 Å². The fourth-order valence-corrected chi connectivity index (χ4v) is 13.3. The molecule has 84 heavy (non-hydrogen) atoms. The smallest absolute Gasteiger partial charge is 0.341 e. The second-order valence-electron chi connectivity index (χ2n) is 19.2. The molecule has 2 aliphatic heterocycles. The SMILES string of the molecule is O=C(O)CN(CCN(CC(=O)O)CC(=O)O)CCN(CC(=O)O)CC(=O)CC(CO)[C@@H](O)[C@@H](O[C@@H]1OC(CO)[C@H](O[C@@H]2OC(CO)[C@H](O)[C@H](O)C2NC(=O)CC(P(=O)(O)O)P(=O)(O)O)[C@H](O)C1NC(=O)CC(P(=O)(O)O)P(=O)(O)O)C(O)CO. The van der Waals surface area contributed by atoms with Crippen molar-refractivity contribution >= 4 is 71.9 Å². The van der Waals surface area contributed by atoms with Crippen molar-refractivity contribution in [1.29, 1.82) is 0 Å². The largest absolute Gasteiger partial charge is 0.480 e. The molecule has 41 nitrogen and oxygen atoms in total. The number of Topliss-reactive ketones (excluding diaryl/α,β-unsaturated/α-hetero) is 1. The Hall–Kier alpha value is -3.55. The average molecular weight is 1310 g/mol. The van der Waals surface area contributed by atoms with Crippen LogP contribution in [0.15, 0.2) is 0 Å². The number of amides is 2. The molecule has 2 aliphatic rings. The molecule has 14 atom stereocenters. The van der Waals surface area contributed by atoms with Crippen LogP contribution in [0.1, 0.15) is 19.3 Å². The average Bonchev–Trinajstić information content (AvgIpc) is 2.58. The number of carboxylic acid groups (broad SMARTS) is 4. The summed E-state index contributed by atoms with van der Waals surface area (Å²) in [4.78, 5) is 166. The van der Waals surface area contributed by atoms with Gasteiger partial charge in [-0.3, -0.25) is 66.5 Å². The number of carboxylic acids is 4. The van der Waals surface area contributed by atoms with Crippen LogP contribution in [-0.2, 0) is 70.8 Å². The number of hydrogen-bond donors (Lipinski definition) is 23. The standard InChI is InChI=1S/C39H71N5O36P4/c45-13-17(5-18(49)8-43(10-25(55)56)3-1-42(9-24(53)54)2-4-44(11-26(57)58)12-27(59)60)32(61)36(19(50)14-46)79-39-31(41-23(52)7-29(83(71,72)73)84(74,75)76)35(64)37(21(16-48)78-39)80-38-30(34(63)33(62)20(15-47)77-38)40-22(51)6-28(81(65,66)67)82(68,69)70/h17,19-21,28-39,45-48,50,61-64H,1-16H2,(H,40,51)(H,41,52)(H,53,54)(H,55,56)(H,57,58)(H,59,60)(H2,65,66,67)(H2,68,69,70)(H2,71,72,73)(H2,74,75,76)/t17?,19?,20?,21?,30?,31?,32-,33+,34-,35-,36+,37+,38+,39+/m1/s1. The van der Waals surface area contributed by atoms with Crippen LogP contribution in [0.25, 0.3) is 0 Å². The van der Waals surface area contributed by atoms with Crippen molar-refractivity contribution in [3.63, 3.8) is 0 Å². The third-order valence-corrected chi connectivity index (χ3v) is 20.1. The Kier molecular flexibility index (Phi) is 30.7. The van der Waals surface area contributed by atoms with E-state index in [0.717, 1.165) is 14.7 Å².